The van der Waals surface area contributed by atoms with Gasteiger partial charge in [0, 0.05) is 35.7 Å². The number of nitrogens with zero attached hydrogens (tertiary/aromatic N) is 2. The Morgan fingerprint density at radius 1 is 1.26 bits per heavy atom. The van der Waals surface area contributed by atoms with Gasteiger partial charge in [-0.15, -0.1) is 0 Å². The zero-order chi connectivity index (χ0) is 18.8. The Hall–Kier alpha value is -2.61. The van der Waals surface area contributed by atoms with Crippen LogP contribution in [0, 0.1) is 11.6 Å². The van der Waals surface area contributed by atoms with Crippen molar-refractivity contribution in [3.8, 4) is 11.5 Å². The first kappa shape index (κ1) is 17.8. The van der Waals surface area contributed by atoms with Crippen molar-refractivity contribution in [1.82, 2.24) is 15.1 Å². The summed E-state index contributed by atoms with van der Waals surface area (Å²) in [6.07, 6.45) is 2.10. The van der Waals surface area contributed by atoms with Gasteiger partial charge in [0.1, 0.15) is 17.3 Å². The van der Waals surface area contributed by atoms with Crippen LogP contribution in [0.4, 0.5) is 8.78 Å². The average Bonchev–Trinajstić information content (AvgIpc) is 3.31. The average molecular weight is 389 g/mol. The molecule has 0 aliphatic carbocycles. The highest BCUT2D eigenvalue weighted by Crippen LogP contribution is 2.36. The van der Waals surface area contributed by atoms with Crippen LogP contribution in [0.1, 0.15) is 27.7 Å². The lowest BCUT2D eigenvalue weighted by Crippen LogP contribution is -2.33. The zero-order valence-corrected chi connectivity index (χ0v) is 15.1. The van der Waals surface area contributed by atoms with Crippen LogP contribution < -0.4 is 0 Å². The van der Waals surface area contributed by atoms with E-state index < -0.39 is 11.6 Å². The number of benzene rings is 1. The first-order chi connectivity index (χ1) is 13.1. The van der Waals surface area contributed by atoms with Crippen LogP contribution in [0.5, 0.6) is 0 Å². The van der Waals surface area contributed by atoms with Crippen LogP contribution in [-0.4, -0.2) is 39.8 Å². The van der Waals surface area contributed by atoms with Crippen molar-refractivity contribution in [3.63, 3.8) is 0 Å². The normalized spacial score (nSPS) is 17.7. The summed E-state index contributed by atoms with van der Waals surface area (Å²) in [4.78, 5) is 14.5. The molecular weight excluding hydrogens is 372 g/mol. The van der Waals surface area contributed by atoms with Crippen LogP contribution in [0.2, 0.25) is 0 Å². The second kappa shape index (κ2) is 7.56. The summed E-state index contributed by atoms with van der Waals surface area (Å²) >= 11 is 1.54. The molecule has 3 heterocycles. The van der Waals surface area contributed by atoms with Crippen LogP contribution in [0.25, 0.3) is 11.5 Å². The Kier molecular flexibility index (Phi) is 4.98. The number of amides is 1. The minimum Gasteiger partial charge on any atom is -0.463 e. The van der Waals surface area contributed by atoms with Gasteiger partial charge in [-0.2, -0.15) is 16.9 Å². The summed E-state index contributed by atoms with van der Waals surface area (Å²) < 4.78 is 32.8. The largest absolute Gasteiger partial charge is 0.463 e. The maximum Gasteiger partial charge on any atom is 0.274 e. The predicted octanol–water partition coefficient (Wildman–Crippen LogP) is 4.27. The molecule has 8 heteroatoms. The second-order valence-corrected chi connectivity index (χ2v) is 7.56. The lowest BCUT2D eigenvalue weighted by Gasteiger charge is -2.19. The van der Waals surface area contributed by atoms with E-state index in [4.69, 9.17) is 4.42 Å². The minimum absolute atomic E-state index is 0.184. The molecule has 1 unspecified atom stereocenters. The van der Waals surface area contributed by atoms with Crippen molar-refractivity contribution >= 4 is 17.7 Å². The molecule has 0 spiro atoms. The molecule has 1 aliphatic rings. The summed E-state index contributed by atoms with van der Waals surface area (Å²) in [5, 5.41) is 6.71. The summed E-state index contributed by atoms with van der Waals surface area (Å²) in [6.45, 7) is 0.981. The van der Waals surface area contributed by atoms with Crippen molar-refractivity contribution in [2.75, 3.05) is 18.8 Å². The summed E-state index contributed by atoms with van der Waals surface area (Å²) in [5.41, 5.74) is 1.29. The molecular formula is C19H17F2N3O2S. The molecule has 0 saturated carbocycles. The predicted molar refractivity (Wildman–Crippen MR) is 98.4 cm³/mol. The first-order valence-electron chi connectivity index (χ1n) is 8.57. The summed E-state index contributed by atoms with van der Waals surface area (Å²) in [5.74, 6) is 0.191. The zero-order valence-electron chi connectivity index (χ0n) is 14.3. The van der Waals surface area contributed by atoms with Crippen molar-refractivity contribution in [1.29, 1.82) is 0 Å². The standard InChI is InChI=1S/C19H17F2N3O2S/c20-12-3-4-14(21)13(10-12)18-5-6-24(7-9-27-18)19(25)16-11-15(22-23-16)17-2-1-8-26-17/h1-4,8,10-11,18H,5-7,9H2,(H,22,23). The summed E-state index contributed by atoms with van der Waals surface area (Å²) in [7, 11) is 0. The number of carbonyl (C=O) groups excluding carboxylic acids is 1. The van der Waals surface area contributed by atoms with E-state index in [0.29, 0.717) is 48.0 Å². The molecule has 1 fully saturated rings. The van der Waals surface area contributed by atoms with Crippen molar-refractivity contribution < 1.29 is 18.0 Å². The van der Waals surface area contributed by atoms with Crippen molar-refractivity contribution in [2.24, 2.45) is 0 Å². The molecule has 3 aromatic rings. The highest BCUT2D eigenvalue weighted by Gasteiger charge is 2.26. The topological polar surface area (TPSA) is 62.1 Å². The third-order valence-electron chi connectivity index (χ3n) is 4.52. The van der Waals surface area contributed by atoms with Gasteiger partial charge < -0.3 is 9.32 Å². The Balaban J connectivity index is 1.46. The highest BCUT2D eigenvalue weighted by molar-refractivity contribution is 7.99. The fourth-order valence-corrected chi connectivity index (χ4v) is 4.38. The van der Waals surface area contributed by atoms with Gasteiger partial charge >= 0.3 is 0 Å². The van der Waals surface area contributed by atoms with Gasteiger partial charge in [0.05, 0.1) is 6.26 Å². The van der Waals surface area contributed by atoms with Gasteiger partial charge in [-0.05, 0) is 36.8 Å². The van der Waals surface area contributed by atoms with E-state index in [0.717, 1.165) is 12.1 Å². The van der Waals surface area contributed by atoms with Crippen molar-refractivity contribution in [2.45, 2.75) is 11.7 Å². The van der Waals surface area contributed by atoms with Crippen LogP contribution in [0.3, 0.4) is 0 Å². The van der Waals surface area contributed by atoms with Gasteiger partial charge in [0.15, 0.2) is 11.5 Å². The molecule has 0 bridgehead atoms. The van der Waals surface area contributed by atoms with E-state index >= 15 is 0 Å². The van der Waals surface area contributed by atoms with E-state index in [1.165, 1.54) is 17.8 Å². The molecule has 0 radical (unpaired) electrons. The number of thioether (sulfide) groups is 1. The fourth-order valence-electron chi connectivity index (χ4n) is 3.13. The van der Waals surface area contributed by atoms with E-state index in [-0.39, 0.29) is 11.2 Å². The highest BCUT2D eigenvalue weighted by atomic mass is 32.2. The number of nitrogens with one attached hydrogen (secondary N) is 1. The number of hydrogen-bond acceptors (Lipinski definition) is 4. The first-order valence-corrected chi connectivity index (χ1v) is 9.62. The molecule has 2 aromatic heterocycles. The molecule has 1 N–H and O–H groups in total. The molecule has 4 rings (SSSR count). The summed E-state index contributed by atoms with van der Waals surface area (Å²) in [6, 6.07) is 8.71. The van der Waals surface area contributed by atoms with Crippen molar-refractivity contribution in [3.05, 3.63) is 65.6 Å². The minimum atomic E-state index is -0.453. The molecule has 1 aromatic carbocycles. The maximum absolute atomic E-state index is 14.1. The van der Waals surface area contributed by atoms with Gasteiger partial charge in [-0.1, -0.05) is 0 Å². The van der Waals surface area contributed by atoms with Crippen LogP contribution >= 0.6 is 11.8 Å². The molecule has 1 amide bonds. The number of aromatic amines is 1. The monoisotopic (exact) mass is 389 g/mol. The van der Waals surface area contributed by atoms with Gasteiger partial charge in [-0.3, -0.25) is 9.89 Å². The van der Waals surface area contributed by atoms with Gasteiger partial charge in [-0.25, -0.2) is 8.78 Å². The van der Waals surface area contributed by atoms with E-state index in [2.05, 4.69) is 10.2 Å². The molecule has 140 valence electrons. The number of carbonyl (C=O) groups is 1. The third kappa shape index (κ3) is 3.75. The Labute approximate surface area is 158 Å². The molecule has 1 atom stereocenters. The molecule has 1 aliphatic heterocycles. The number of furan rings is 1. The molecule has 1 saturated heterocycles. The number of rotatable bonds is 3. The smallest absolute Gasteiger partial charge is 0.274 e. The Morgan fingerprint density at radius 2 is 2.15 bits per heavy atom. The van der Waals surface area contributed by atoms with Gasteiger partial charge in [0.25, 0.3) is 5.91 Å². The third-order valence-corrected chi connectivity index (χ3v) is 5.83. The number of hydrogen-bond donors (Lipinski definition) is 1. The molecule has 27 heavy (non-hydrogen) atoms. The van der Waals surface area contributed by atoms with Gasteiger partial charge in [0.2, 0.25) is 0 Å². The second-order valence-electron chi connectivity index (χ2n) is 6.25. The Bertz CT molecular complexity index is 942. The van der Waals surface area contributed by atoms with Crippen LogP contribution in [0.15, 0.2) is 47.1 Å². The number of halogens is 2. The lowest BCUT2D eigenvalue weighted by molar-refractivity contribution is 0.0760. The van der Waals surface area contributed by atoms with E-state index in [1.807, 2.05) is 0 Å². The number of aromatic nitrogens is 2. The Morgan fingerprint density at radius 3 is 2.96 bits per heavy atom. The lowest BCUT2D eigenvalue weighted by atomic mass is 10.1. The SMILES string of the molecule is O=C(c1cc(-c2ccco2)[nH]n1)N1CCSC(c2cc(F)ccc2F)CC1. The van der Waals surface area contributed by atoms with E-state index in [9.17, 15) is 13.6 Å². The quantitative estimate of drug-likeness (QED) is 0.727. The number of H-pyrrole nitrogens is 1. The van der Waals surface area contributed by atoms with E-state index in [1.54, 1.807) is 29.4 Å². The molecule has 5 nitrogen and oxygen atoms in total. The maximum atomic E-state index is 14.1. The fraction of sp³-hybridized carbons (Fsp3) is 0.263. The van der Waals surface area contributed by atoms with Crippen LogP contribution in [-0.2, 0) is 0 Å².